The van der Waals surface area contributed by atoms with Crippen LogP contribution in [-0.4, -0.2) is 37.5 Å². The van der Waals surface area contributed by atoms with Gasteiger partial charge in [-0.25, -0.2) is 12.8 Å². The molecule has 5 nitrogen and oxygen atoms in total. The third kappa shape index (κ3) is 3.65. The second-order valence-corrected chi connectivity index (χ2v) is 8.42. The highest BCUT2D eigenvalue weighted by Gasteiger charge is 2.40. The van der Waals surface area contributed by atoms with Crippen LogP contribution in [0, 0.1) is 17.7 Å². The lowest BCUT2D eigenvalue weighted by Gasteiger charge is -2.23. The Morgan fingerprint density at radius 1 is 1.50 bits per heavy atom. The van der Waals surface area contributed by atoms with Gasteiger partial charge in [0.1, 0.15) is 23.0 Å². The number of sulfone groups is 1. The number of benzene rings is 1. The van der Waals surface area contributed by atoms with Gasteiger partial charge in [-0.05, 0) is 32.0 Å². The molecule has 1 heterocycles. The van der Waals surface area contributed by atoms with Gasteiger partial charge in [-0.15, -0.1) is 5.92 Å². The number of carbonyl (C=O) groups excluding carboxylic acids is 1. The summed E-state index contributed by atoms with van der Waals surface area (Å²) >= 11 is 0. The van der Waals surface area contributed by atoms with Crippen molar-refractivity contribution >= 4 is 21.8 Å². The first-order chi connectivity index (χ1) is 11.2. The predicted octanol–water partition coefficient (Wildman–Crippen LogP) is 2.08. The molecule has 0 aromatic heterocycles. The molecule has 0 amide bonds. The Kier molecular flexibility index (Phi) is 5.09. The van der Waals surface area contributed by atoms with Crippen LogP contribution in [0.4, 0.5) is 4.39 Å². The zero-order valence-corrected chi connectivity index (χ0v) is 14.5. The second kappa shape index (κ2) is 6.73. The maximum Gasteiger partial charge on any atom is 0.159 e. The van der Waals surface area contributed by atoms with Gasteiger partial charge in [-0.1, -0.05) is 11.1 Å². The van der Waals surface area contributed by atoms with Crippen LogP contribution in [-0.2, 0) is 19.5 Å². The number of oxime groups is 1. The van der Waals surface area contributed by atoms with Crippen molar-refractivity contribution in [3.8, 4) is 11.8 Å². The summed E-state index contributed by atoms with van der Waals surface area (Å²) in [6.45, 7) is 3.01. The largest absolute Gasteiger partial charge is 0.392 e. The summed E-state index contributed by atoms with van der Waals surface area (Å²) in [4.78, 5) is 16.4. The maximum absolute atomic E-state index is 14.2. The Morgan fingerprint density at radius 3 is 2.75 bits per heavy atom. The normalized spacial score (nSPS) is 19.5. The van der Waals surface area contributed by atoms with Crippen LogP contribution in [0.5, 0.6) is 0 Å². The number of hydrogen-bond donors (Lipinski definition) is 0. The van der Waals surface area contributed by atoms with Gasteiger partial charge in [0.25, 0.3) is 0 Å². The molecule has 1 aromatic rings. The molecular formula is C17H18FNO4S. The van der Waals surface area contributed by atoms with Gasteiger partial charge in [0, 0.05) is 30.2 Å². The number of hydrogen-bond acceptors (Lipinski definition) is 5. The molecule has 0 fully saturated rings. The van der Waals surface area contributed by atoms with E-state index in [4.69, 9.17) is 4.84 Å². The Hall–Kier alpha value is -2.20. The van der Waals surface area contributed by atoms with E-state index in [1.54, 1.807) is 19.1 Å². The summed E-state index contributed by atoms with van der Waals surface area (Å²) in [6, 6.07) is 4.56. The fourth-order valence-corrected chi connectivity index (χ4v) is 3.07. The molecule has 0 spiro atoms. The van der Waals surface area contributed by atoms with Gasteiger partial charge in [0.15, 0.2) is 9.84 Å². The summed E-state index contributed by atoms with van der Waals surface area (Å²) in [6.07, 6.45) is 1.01. The lowest BCUT2D eigenvalue weighted by Crippen LogP contribution is -2.40. The van der Waals surface area contributed by atoms with E-state index in [2.05, 4.69) is 17.0 Å². The molecule has 128 valence electrons. The van der Waals surface area contributed by atoms with Gasteiger partial charge in [-0.3, -0.25) is 0 Å². The number of nitrogens with zero attached hydrogens (tertiary/aromatic N) is 1. The van der Waals surface area contributed by atoms with Crippen molar-refractivity contribution in [2.24, 2.45) is 5.16 Å². The number of aldehydes is 1. The fraction of sp³-hybridized carbons (Fsp3) is 0.412. The van der Waals surface area contributed by atoms with E-state index in [0.717, 1.165) is 6.26 Å². The quantitative estimate of drug-likeness (QED) is 0.601. The van der Waals surface area contributed by atoms with E-state index in [0.29, 0.717) is 17.6 Å². The monoisotopic (exact) mass is 351 g/mol. The van der Waals surface area contributed by atoms with E-state index in [1.165, 1.54) is 13.0 Å². The summed E-state index contributed by atoms with van der Waals surface area (Å²) in [5, 5.41) is 3.85. The maximum atomic E-state index is 14.2. The van der Waals surface area contributed by atoms with E-state index in [1.807, 2.05) is 0 Å². The zero-order valence-electron chi connectivity index (χ0n) is 13.7. The van der Waals surface area contributed by atoms with Gasteiger partial charge < -0.3 is 9.63 Å². The topological polar surface area (TPSA) is 72.8 Å². The highest BCUT2D eigenvalue weighted by Crippen LogP contribution is 2.28. The Balaban J connectivity index is 2.16. The lowest BCUT2D eigenvalue weighted by molar-refractivity contribution is -0.110. The molecule has 0 N–H and O–H groups in total. The number of halogens is 1. The fourth-order valence-electron chi connectivity index (χ4n) is 2.41. The van der Waals surface area contributed by atoms with E-state index >= 15 is 0 Å². The SMILES string of the molecule is CC#Cc1ccc(C2=NOC(CC(C)(C=O)S(C)(=O)=O)C2)c(F)c1. The summed E-state index contributed by atoms with van der Waals surface area (Å²) < 4.78 is 36.2. The molecule has 0 bridgehead atoms. The minimum Gasteiger partial charge on any atom is -0.392 e. The highest BCUT2D eigenvalue weighted by molar-refractivity contribution is 7.92. The summed E-state index contributed by atoms with van der Waals surface area (Å²) in [7, 11) is -3.59. The van der Waals surface area contributed by atoms with Gasteiger partial charge >= 0.3 is 0 Å². The predicted molar refractivity (Wildman–Crippen MR) is 88.9 cm³/mol. The minimum atomic E-state index is -3.59. The second-order valence-electron chi connectivity index (χ2n) is 5.95. The molecule has 0 aliphatic carbocycles. The van der Waals surface area contributed by atoms with Crippen LogP contribution in [0.15, 0.2) is 23.4 Å². The van der Waals surface area contributed by atoms with Crippen LogP contribution in [0.25, 0.3) is 0 Å². The molecule has 0 saturated carbocycles. The lowest BCUT2D eigenvalue weighted by atomic mass is 9.97. The number of carbonyl (C=O) groups is 1. The molecule has 24 heavy (non-hydrogen) atoms. The molecular weight excluding hydrogens is 333 g/mol. The number of rotatable bonds is 5. The molecule has 2 rings (SSSR count). The van der Waals surface area contributed by atoms with Crippen LogP contribution >= 0.6 is 0 Å². The molecule has 1 aliphatic heterocycles. The van der Waals surface area contributed by atoms with Crippen molar-refractivity contribution in [3.05, 3.63) is 35.1 Å². The molecule has 0 radical (unpaired) electrons. The first-order valence-corrected chi connectivity index (χ1v) is 9.20. The van der Waals surface area contributed by atoms with E-state index in [-0.39, 0.29) is 18.4 Å². The van der Waals surface area contributed by atoms with Crippen molar-refractivity contribution in [1.82, 2.24) is 0 Å². The van der Waals surface area contributed by atoms with Gasteiger partial charge in [-0.2, -0.15) is 0 Å². The van der Waals surface area contributed by atoms with Crippen LogP contribution in [0.3, 0.4) is 0 Å². The standard InChI is InChI=1S/C17H18FNO4S/c1-4-5-12-6-7-14(15(18)8-12)16-9-13(23-19-16)10-17(2,11-20)24(3,21)22/h6-8,11,13H,9-10H2,1-3H3. The van der Waals surface area contributed by atoms with Crippen LogP contribution < -0.4 is 0 Å². The molecule has 2 unspecified atom stereocenters. The van der Waals surface area contributed by atoms with Gasteiger partial charge in [0.2, 0.25) is 0 Å². The van der Waals surface area contributed by atoms with Gasteiger partial charge in [0.05, 0.1) is 5.71 Å². The first-order valence-electron chi connectivity index (χ1n) is 7.31. The average molecular weight is 351 g/mol. The average Bonchev–Trinajstić information content (AvgIpc) is 2.94. The smallest absolute Gasteiger partial charge is 0.159 e. The van der Waals surface area contributed by atoms with Crippen molar-refractivity contribution < 1.29 is 22.4 Å². The van der Waals surface area contributed by atoms with Crippen LogP contribution in [0.1, 0.15) is 37.8 Å². The van der Waals surface area contributed by atoms with E-state index in [9.17, 15) is 17.6 Å². The Bertz CT molecular complexity index is 851. The Morgan fingerprint density at radius 2 is 2.21 bits per heavy atom. The minimum absolute atomic E-state index is 0.0383. The third-order valence-electron chi connectivity index (χ3n) is 4.01. The zero-order chi connectivity index (χ0) is 18.0. The Labute approximate surface area is 140 Å². The third-order valence-corrected chi connectivity index (χ3v) is 5.97. The van der Waals surface area contributed by atoms with Crippen molar-refractivity contribution in [2.75, 3.05) is 6.26 Å². The molecule has 0 saturated heterocycles. The van der Waals surface area contributed by atoms with Crippen molar-refractivity contribution in [1.29, 1.82) is 0 Å². The highest BCUT2D eigenvalue weighted by atomic mass is 32.2. The molecule has 1 aliphatic rings. The van der Waals surface area contributed by atoms with Crippen molar-refractivity contribution in [2.45, 2.75) is 37.5 Å². The van der Waals surface area contributed by atoms with Crippen LogP contribution in [0.2, 0.25) is 0 Å². The summed E-state index contributed by atoms with van der Waals surface area (Å²) in [5.74, 6) is 4.98. The molecule has 1 aromatic carbocycles. The van der Waals surface area contributed by atoms with E-state index < -0.39 is 26.5 Å². The molecule has 7 heteroatoms. The molecule has 2 atom stereocenters. The van der Waals surface area contributed by atoms with Crippen molar-refractivity contribution in [3.63, 3.8) is 0 Å². The first kappa shape index (κ1) is 18.1. The summed E-state index contributed by atoms with van der Waals surface area (Å²) in [5.41, 5.74) is 1.22.